The molecular weight excluding hydrogens is 312 g/mol. The fraction of sp³-hybridized carbons (Fsp3) is 0. The molecule has 2 aromatic carbocycles. The van der Waals surface area contributed by atoms with E-state index >= 15 is 0 Å². The van der Waals surface area contributed by atoms with Crippen molar-refractivity contribution < 1.29 is 8.42 Å². The molecule has 21 heavy (non-hydrogen) atoms. The first-order chi connectivity index (χ1) is 10.00. The highest BCUT2D eigenvalue weighted by molar-refractivity contribution is 7.90. The number of halogens is 1. The molecular formula is C14H9ClN2O3S. The number of nitrogens with zero attached hydrogens (tertiary/aromatic N) is 2. The molecule has 3 rings (SSSR count). The van der Waals surface area contributed by atoms with Crippen LogP contribution in [0.5, 0.6) is 0 Å². The van der Waals surface area contributed by atoms with E-state index in [1.165, 1.54) is 30.3 Å². The molecule has 0 N–H and O–H groups in total. The molecule has 0 unspecified atom stereocenters. The average molecular weight is 321 g/mol. The Balaban J connectivity index is 2.40. The van der Waals surface area contributed by atoms with Crippen LogP contribution >= 0.6 is 11.6 Å². The maximum absolute atomic E-state index is 12.7. The van der Waals surface area contributed by atoms with Gasteiger partial charge in [-0.2, -0.15) is 3.97 Å². The molecule has 0 fully saturated rings. The normalized spacial score (nSPS) is 11.7. The Kier molecular flexibility index (Phi) is 3.27. The number of hydrogen-bond donors (Lipinski definition) is 0. The molecule has 106 valence electrons. The average Bonchev–Trinajstić information content (AvgIpc) is 2.48. The van der Waals surface area contributed by atoms with Crippen molar-refractivity contribution in [2.24, 2.45) is 0 Å². The van der Waals surface area contributed by atoms with Crippen LogP contribution < -0.4 is 5.56 Å². The Morgan fingerprint density at radius 2 is 1.76 bits per heavy atom. The van der Waals surface area contributed by atoms with Crippen LogP contribution in [0.25, 0.3) is 11.0 Å². The smallest absolute Gasteiger partial charge is 0.266 e. The fourth-order valence-corrected chi connectivity index (χ4v) is 3.59. The molecule has 3 aromatic rings. The molecule has 0 atom stereocenters. The highest BCUT2D eigenvalue weighted by atomic mass is 35.5. The van der Waals surface area contributed by atoms with Gasteiger partial charge in [0.2, 0.25) is 0 Å². The Morgan fingerprint density at radius 1 is 1.05 bits per heavy atom. The number of aromatic nitrogens is 2. The van der Waals surface area contributed by atoms with Crippen LogP contribution in [-0.2, 0) is 10.0 Å². The van der Waals surface area contributed by atoms with Gasteiger partial charge >= 0.3 is 0 Å². The van der Waals surface area contributed by atoms with Crippen LogP contribution in [0, 0.1) is 0 Å². The lowest BCUT2D eigenvalue weighted by Crippen LogP contribution is -2.27. The molecule has 0 aliphatic rings. The van der Waals surface area contributed by atoms with Gasteiger partial charge in [0, 0.05) is 5.02 Å². The van der Waals surface area contributed by atoms with E-state index in [0.717, 1.165) is 10.2 Å². The molecule has 0 aliphatic heterocycles. The van der Waals surface area contributed by atoms with Gasteiger partial charge in [0.25, 0.3) is 15.6 Å². The summed E-state index contributed by atoms with van der Waals surface area (Å²) in [6.07, 6.45) is 0.971. The minimum Gasteiger partial charge on any atom is -0.266 e. The monoisotopic (exact) mass is 320 g/mol. The Labute approximate surface area is 125 Å². The summed E-state index contributed by atoms with van der Waals surface area (Å²) >= 11 is 5.87. The second kappa shape index (κ2) is 4.98. The predicted molar refractivity (Wildman–Crippen MR) is 80.0 cm³/mol. The summed E-state index contributed by atoms with van der Waals surface area (Å²) < 4.78 is 26.0. The lowest BCUT2D eigenvalue weighted by molar-refractivity contribution is 0.587. The molecule has 0 spiro atoms. The van der Waals surface area contributed by atoms with Crippen LogP contribution in [0.4, 0.5) is 0 Å². The van der Waals surface area contributed by atoms with E-state index in [4.69, 9.17) is 11.6 Å². The van der Waals surface area contributed by atoms with Gasteiger partial charge in [-0.05, 0) is 30.3 Å². The van der Waals surface area contributed by atoms with Crippen LogP contribution in [0.1, 0.15) is 0 Å². The van der Waals surface area contributed by atoms with Crippen molar-refractivity contribution in [3.8, 4) is 0 Å². The van der Waals surface area contributed by atoms with Crippen LogP contribution in [0.3, 0.4) is 0 Å². The van der Waals surface area contributed by atoms with Crippen LogP contribution in [0.2, 0.25) is 5.02 Å². The topological polar surface area (TPSA) is 69.0 Å². The summed E-state index contributed by atoms with van der Waals surface area (Å²) in [4.78, 5) is 16.0. The standard InChI is InChI=1S/C14H9ClN2O3S/c15-10-6-7-13-12(8-10)16-9-14(18)17(13)21(19,20)11-4-2-1-3-5-11/h1-9H. The molecule has 1 aromatic heterocycles. The first-order valence-electron chi connectivity index (χ1n) is 5.98. The molecule has 0 bridgehead atoms. The highest BCUT2D eigenvalue weighted by Gasteiger charge is 2.20. The van der Waals surface area contributed by atoms with Crippen molar-refractivity contribution >= 4 is 32.7 Å². The molecule has 7 heteroatoms. The van der Waals surface area contributed by atoms with Crippen molar-refractivity contribution in [3.63, 3.8) is 0 Å². The van der Waals surface area contributed by atoms with Gasteiger partial charge in [-0.3, -0.25) is 4.79 Å². The largest absolute Gasteiger partial charge is 0.283 e. The lowest BCUT2D eigenvalue weighted by atomic mass is 10.3. The van der Waals surface area contributed by atoms with Gasteiger partial charge in [0.05, 0.1) is 22.1 Å². The van der Waals surface area contributed by atoms with E-state index in [0.29, 0.717) is 10.5 Å². The van der Waals surface area contributed by atoms with E-state index in [1.54, 1.807) is 18.2 Å². The highest BCUT2D eigenvalue weighted by Crippen LogP contribution is 2.20. The zero-order valence-corrected chi connectivity index (χ0v) is 12.2. The molecule has 0 saturated heterocycles. The zero-order valence-electron chi connectivity index (χ0n) is 10.6. The molecule has 1 heterocycles. The van der Waals surface area contributed by atoms with E-state index in [-0.39, 0.29) is 10.4 Å². The third kappa shape index (κ3) is 2.32. The van der Waals surface area contributed by atoms with Gasteiger partial charge < -0.3 is 0 Å². The molecule has 0 aliphatic carbocycles. The minimum absolute atomic E-state index is 0.0366. The Hall–Kier alpha value is -2.18. The third-order valence-electron chi connectivity index (χ3n) is 2.95. The summed E-state index contributed by atoms with van der Waals surface area (Å²) in [5, 5.41) is 0.414. The maximum Gasteiger partial charge on any atom is 0.283 e. The van der Waals surface area contributed by atoms with E-state index < -0.39 is 15.6 Å². The summed E-state index contributed by atoms with van der Waals surface area (Å²) in [5.74, 6) is 0. The lowest BCUT2D eigenvalue weighted by Gasteiger charge is -2.10. The molecule has 5 nitrogen and oxygen atoms in total. The number of rotatable bonds is 2. The summed E-state index contributed by atoms with van der Waals surface area (Å²) in [6, 6.07) is 12.2. The van der Waals surface area contributed by atoms with Gasteiger partial charge in [0.1, 0.15) is 0 Å². The second-order valence-electron chi connectivity index (χ2n) is 4.31. The van der Waals surface area contributed by atoms with Gasteiger partial charge in [-0.1, -0.05) is 29.8 Å². The Bertz CT molecular complexity index is 982. The van der Waals surface area contributed by atoms with Crippen molar-refractivity contribution in [1.29, 1.82) is 0 Å². The van der Waals surface area contributed by atoms with Crippen LogP contribution in [0.15, 0.2) is 64.4 Å². The van der Waals surface area contributed by atoms with Crippen molar-refractivity contribution in [3.05, 3.63) is 70.1 Å². The van der Waals surface area contributed by atoms with E-state index in [1.807, 2.05) is 0 Å². The van der Waals surface area contributed by atoms with E-state index in [2.05, 4.69) is 4.98 Å². The summed E-state index contributed by atoms with van der Waals surface area (Å²) in [5.41, 5.74) is -0.189. The van der Waals surface area contributed by atoms with Gasteiger partial charge in [-0.25, -0.2) is 13.4 Å². The molecule has 0 amide bonds. The predicted octanol–water partition coefficient (Wildman–Crippen LogP) is 2.29. The second-order valence-corrected chi connectivity index (χ2v) is 6.54. The number of hydrogen-bond acceptors (Lipinski definition) is 4. The maximum atomic E-state index is 12.7. The number of fused-ring (bicyclic) bond motifs is 1. The van der Waals surface area contributed by atoms with Crippen molar-refractivity contribution in [2.45, 2.75) is 4.90 Å². The quantitative estimate of drug-likeness (QED) is 0.726. The first-order valence-corrected chi connectivity index (χ1v) is 7.80. The SMILES string of the molecule is O=c1cnc2cc(Cl)ccc2n1S(=O)(=O)c1ccccc1. The van der Waals surface area contributed by atoms with E-state index in [9.17, 15) is 13.2 Å². The molecule has 0 saturated carbocycles. The van der Waals surface area contributed by atoms with Crippen molar-refractivity contribution in [2.75, 3.05) is 0 Å². The first kappa shape index (κ1) is 13.8. The summed E-state index contributed by atoms with van der Waals surface area (Å²) in [7, 11) is -3.99. The zero-order chi connectivity index (χ0) is 15.0. The van der Waals surface area contributed by atoms with Crippen LogP contribution in [-0.4, -0.2) is 17.4 Å². The molecule has 0 radical (unpaired) electrons. The number of benzene rings is 2. The third-order valence-corrected chi connectivity index (χ3v) is 4.91. The van der Waals surface area contributed by atoms with Crippen molar-refractivity contribution in [1.82, 2.24) is 8.96 Å². The fourth-order valence-electron chi connectivity index (χ4n) is 2.01. The minimum atomic E-state index is -3.99. The van der Waals surface area contributed by atoms with Gasteiger partial charge in [-0.15, -0.1) is 0 Å². The van der Waals surface area contributed by atoms with Gasteiger partial charge in [0.15, 0.2) is 0 Å². The summed E-state index contributed by atoms with van der Waals surface area (Å²) in [6.45, 7) is 0. The Morgan fingerprint density at radius 3 is 2.48 bits per heavy atom.